The molecule has 2 N–H and O–H groups in total. The number of carbonyl (C=O) groups is 2. The summed E-state index contributed by atoms with van der Waals surface area (Å²) < 4.78 is 7.87. The Morgan fingerprint density at radius 1 is 1.17 bits per heavy atom. The van der Waals surface area contributed by atoms with Gasteiger partial charge in [-0.05, 0) is 95.4 Å². The molecule has 1 aliphatic carbocycles. The standard InChI is InChI=1S/C28H41N3O4/c1-5-29-26(32)17-30(6-2)27(33)21-8-10-25-23(16-21)22-15-20(19-11-13-35-14-12-19)7-9-24(22)31(25)18-28(3,4)34/h8,10,16,19-20,34H,5-7,9,11-15,17-18H2,1-4H3,(H,29,32). The lowest BCUT2D eigenvalue weighted by atomic mass is 9.75. The van der Waals surface area contributed by atoms with Gasteiger partial charge in [-0.1, -0.05) is 0 Å². The van der Waals surface area contributed by atoms with E-state index in [1.165, 1.54) is 11.3 Å². The predicted octanol–water partition coefficient (Wildman–Crippen LogP) is 3.54. The molecule has 0 saturated carbocycles. The third-order valence-corrected chi connectivity index (χ3v) is 7.61. The molecule has 1 aliphatic heterocycles. The molecule has 0 spiro atoms. The van der Waals surface area contributed by atoms with Gasteiger partial charge in [-0.15, -0.1) is 0 Å². The predicted molar refractivity (Wildman–Crippen MR) is 138 cm³/mol. The van der Waals surface area contributed by atoms with Crippen molar-refractivity contribution in [2.75, 3.05) is 32.8 Å². The van der Waals surface area contributed by atoms with Crippen molar-refractivity contribution in [3.8, 4) is 0 Å². The summed E-state index contributed by atoms with van der Waals surface area (Å²) in [7, 11) is 0. The van der Waals surface area contributed by atoms with Gasteiger partial charge in [0, 0.05) is 48.5 Å². The fourth-order valence-corrected chi connectivity index (χ4v) is 5.90. The summed E-state index contributed by atoms with van der Waals surface area (Å²) in [6.07, 6.45) is 5.39. The first kappa shape index (κ1) is 25.7. The monoisotopic (exact) mass is 483 g/mol. The number of hydrogen-bond donors (Lipinski definition) is 2. The third-order valence-electron chi connectivity index (χ3n) is 7.61. The number of nitrogens with zero attached hydrogens (tertiary/aromatic N) is 2. The molecule has 192 valence electrons. The van der Waals surface area contributed by atoms with E-state index in [1.807, 2.05) is 45.9 Å². The van der Waals surface area contributed by atoms with Crippen molar-refractivity contribution in [2.24, 2.45) is 11.8 Å². The first-order valence-corrected chi connectivity index (χ1v) is 13.2. The molecule has 7 heteroatoms. The van der Waals surface area contributed by atoms with Crippen LogP contribution in [0.3, 0.4) is 0 Å². The summed E-state index contributed by atoms with van der Waals surface area (Å²) in [5, 5.41) is 14.5. The van der Waals surface area contributed by atoms with Crippen molar-refractivity contribution in [3.05, 3.63) is 35.0 Å². The highest BCUT2D eigenvalue weighted by molar-refractivity contribution is 6.00. The van der Waals surface area contributed by atoms with Crippen LogP contribution in [0.5, 0.6) is 0 Å². The zero-order chi connectivity index (χ0) is 25.2. The maximum atomic E-state index is 13.4. The van der Waals surface area contributed by atoms with Crippen molar-refractivity contribution >= 4 is 22.7 Å². The zero-order valence-electron chi connectivity index (χ0n) is 21.7. The van der Waals surface area contributed by atoms with Crippen LogP contribution in [0.25, 0.3) is 10.9 Å². The van der Waals surface area contributed by atoms with Crippen LogP contribution in [-0.4, -0.2) is 64.8 Å². The van der Waals surface area contributed by atoms with E-state index in [9.17, 15) is 14.7 Å². The lowest BCUT2D eigenvalue weighted by Gasteiger charge is -2.34. The molecule has 2 aromatic rings. The quantitative estimate of drug-likeness (QED) is 0.602. The van der Waals surface area contributed by atoms with E-state index >= 15 is 0 Å². The Hall–Kier alpha value is -2.38. The Kier molecular flexibility index (Phi) is 7.86. The smallest absolute Gasteiger partial charge is 0.254 e. The minimum absolute atomic E-state index is 0.0604. The average Bonchev–Trinajstić information content (AvgIpc) is 3.13. The Morgan fingerprint density at radius 3 is 2.57 bits per heavy atom. The van der Waals surface area contributed by atoms with Gasteiger partial charge in [0.15, 0.2) is 0 Å². The van der Waals surface area contributed by atoms with Gasteiger partial charge in [0.2, 0.25) is 5.91 Å². The Labute approximate surface area is 208 Å². The van der Waals surface area contributed by atoms with Crippen LogP contribution in [0, 0.1) is 11.8 Å². The molecule has 4 rings (SSSR count). The van der Waals surface area contributed by atoms with Crippen molar-refractivity contribution in [1.29, 1.82) is 0 Å². The number of rotatable bonds is 8. The second kappa shape index (κ2) is 10.7. The molecule has 1 aromatic heterocycles. The first-order valence-electron chi connectivity index (χ1n) is 13.2. The van der Waals surface area contributed by atoms with Gasteiger partial charge in [-0.25, -0.2) is 0 Å². The van der Waals surface area contributed by atoms with Crippen LogP contribution in [0.2, 0.25) is 0 Å². The number of nitrogens with one attached hydrogen (secondary N) is 1. The largest absolute Gasteiger partial charge is 0.389 e. The van der Waals surface area contributed by atoms with Crippen LogP contribution in [0.4, 0.5) is 0 Å². The second-order valence-corrected chi connectivity index (χ2v) is 10.8. The minimum atomic E-state index is -0.836. The number of aliphatic hydroxyl groups is 1. The molecule has 1 atom stereocenters. The van der Waals surface area contributed by atoms with Gasteiger partial charge in [0.05, 0.1) is 18.7 Å². The molecule has 35 heavy (non-hydrogen) atoms. The number of hydrogen-bond acceptors (Lipinski definition) is 4. The van der Waals surface area contributed by atoms with Crippen LogP contribution in [0.15, 0.2) is 18.2 Å². The molecular formula is C28H41N3O4. The highest BCUT2D eigenvalue weighted by Crippen LogP contribution is 2.40. The van der Waals surface area contributed by atoms with E-state index in [0.29, 0.717) is 37.0 Å². The van der Waals surface area contributed by atoms with Crippen molar-refractivity contribution in [2.45, 2.75) is 71.9 Å². The second-order valence-electron chi connectivity index (χ2n) is 10.8. The summed E-state index contributed by atoms with van der Waals surface area (Å²) in [6.45, 7) is 10.8. The fraction of sp³-hybridized carbons (Fsp3) is 0.643. The number of aromatic nitrogens is 1. The molecule has 7 nitrogen and oxygen atoms in total. The Balaban J connectivity index is 1.70. The van der Waals surface area contributed by atoms with Gasteiger partial charge in [-0.3, -0.25) is 9.59 Å². The molecular weight excluding hydrogens is 442 g/mol. The van der Waals surface area contributed by atoms with E-state index < -0.39 is 5.60 Å². The van der Waals surface area contributed by atoms with E-state index in [0.717, 1.165) is 56.2 Å². The first-order chi connectivity index (χ1) is 16.7. The Morgan fingerprint density at radius 2 is 1.91 bits per heavy atom. The molecule has 1 saturated heterocycles. The summed E-state index contributed by atoms with van der Waals surface area (Å²) >= 11 is 0. The maximum Gasteiger partial charge on any atom is 0.254 e. The third kappa shape index (κ3) is 5.72. The number of ether oxygens (including phenoxy) is 1. The van der Waals surface area contributed by atoms with E-state index in [2.05, 4.69) is 9.88 Å². The summed E-state index contributed by atoms with van der Waals surface area (Å²) in [4.78, 5) is 27.1. The molecule has 2 aliphatic rings. The number of fused-ring (bicyclic) bond motifs is 3. The molecule has 1 aromatic carbocycles. The topological polar surface area (TPSA) is 83.8 Å². The number of amides is 2. The normalized spacial score (nSPS) is 18.9. The summed E-state index contributed by atoms with van der Waals surface area (Å²) in [5.41, 5.74) is 3.48. The lowest BCUT2D eigenvalue weighted by Crippen LogP contribution is -2.40. The van der Waals surface area contributed by atoms with Gasteiger partial charge < -0.3 is 24.6 Å². The molecule has 2 heterocycles. The molecule has 0 bridgehead atoms. The molecule has 1 unspecified atom stereocenters. The summed E-state index contributed by atoms with van der Waals surface area (Å²) in [5.74, 6) is 1.04. The maximum absolute atomic E-state index is 13.4. The van der Waals surface area contributed by atoms with Crippen LogP contribution in [0.1, 0.15) is 68.6 Å². The highest BCUT2D eigenvalue weighted by Gasteiger charge is 2.32. The zero-order valence-corrected chi connectivity index (χ0v) is 21.7. The van der Waals surface area contributed by atoms with Gasteiger partial charge in [0.1, 0.15) is 0 Å². The van der Waals surface area contributed by atoms with Gasteiger partial charge in [0.25, 0.3) is 5.91 Å². The van der Waals surface area contributed by atoms with Crippen molar-refractivity contribution in [1.82, 2.24) is 14.8 Å². The number of likely N-dealkylation sites (N-methyl/N-ethyl adjacent to an activating group) is 2. The number of carbonyl (C=O) groups excluding carboxylic acids is 2. The van der Waals surface area contributed by atoms with Crippen molar-refractivity contribution in [3.63, 3.8) is 0 Å². The average molecular weight is 484 g/mol. The lowest BCUT2D eigenvalue weighted by molar-refractivity contribution is -0.121. The minimum Gasteiger partial charge on any atom is -0.389 e. The van der Waals surface area contributed by atoms with Gasteiger partial charge >= 0.3 is 0 Å². The summed E-state index contributed by atoms with van der Waals surface area (Å²) in [6, 6.07) is 5.91. The van der Waals surface area contributed by atoms with Crippen molar-refractivity contribution < 1.29 is 19.4 Å². The fourth-order valence-electron chi connectivity index (χ4n) is 5.90. The van der Waals surface area contributed by atoms with Gasteiger partial charge in [-0.2, -0.15) is 0 Å². The van der Waals surface area contributed by atoms with Crippen LogP contribution >= 0.6 is 0 Å². The molecule has 0 radical (unpaired) electrons. The van der Waals surface area contributed by atoms with E-state index in [1.54, 1.807) is 4.90 Å². The highest BCUT2D eigenvalue weighted by atomic mass is 16.5. The SMILES string of the molecule is CCNC(=O)CN(CC)C(=O)c1ccc2c(c1)c1c(n2CC(C)(C)O)CCC(C2CCOCC2)C1. The Bertz CT molecular complexity index is 1060. The van der Waals surface area contributed by atoms with Crippen LogP contribution < -0.4 is 5.32 Å². The van der Waals surface area contributed by atoms with E-state index in [4.69, 9.17) is 4.74 Å². The molecule has 1 fully saturated rings. The number of benzene rings is 1. The van der Waals surface area contributed by atoms with E-state index in [-0.39, 0.29) is 18.4 Å². The molecule has 2 amide bonds. The van der Waals surface area contributed by atoms with Crippen LogP contribution in [-0.2, 0) is 28.9 Å².